The van der Waals surface area contributed by atoms with Crippen LogP contribution in [0, 0.1) is 11.6 Å². The molecule has 2 aliphatic rings. The molecule has 39 heavy (non-hydrogen) atoms. The second-order valence-corrected chi connectivity index (χ2v) is 10.6. The molecular formula is C28H28F2N6O3. The first-order chi connectivity index (χ1) is 18.7. The molecule has 2 N–H and O–H groups in total. The third-order valence-electron chi connectivity index (χ3n) is 7.52. The number of halogens is 2. The first kappa shape index (κ1) is 25.0. The van der Waals surface area contributed by atoms with Gasteiger partial charge in [0.1, 0.15) is 40.6 Å². The van der Waals surface area contributed by atoms with Crippen LogP contribution in [0.5, 0.6) is 5.75 Å². The number of benzene rings is 1. The van der Waals surface area contributed by atoms with Crippen molar-refractivity contribution < 1.29 is 23.4 Å². The predicted octanol–water partition coefficient (Wildman–Crippen LogP) is 5.72. The maximum absolute atomic E-state index is 15.1. The number of nitrogens with one attached hydrogen (secondary N) is 1. The first-order valence-corrected chi connectivity index (χ1v) is 12.9. The Bertz CT molecular complexity index is 1560. The van der Waals surface area contributed by atoms with Crippen molar-refractivity contribution in [3.63, 3.8) is 0 Å². The Morgan fingerprint density at radius 2 is 1.85 bits per heavy atom. The van der Waals surface area contributed by atoms with Crippen molar-refractivity contribution in [3.8, 4) is 16.9 Å². The summed E-state index contributed by atoms with van der Waals surface area (Å²) in [6.45, 7) is 5.05. The first-order valence-electron chi connectivity index (χ1n) is 12.9. The number of carbonyl (C=O) groups is 1. The number of likely N-dealkylation sites (tertiary alicyclic amines) is 1. The number of imidazole rings is 1. The number of hydrogen-bond acceptors (Lipinski definition) is 6. The van der Waals surface area contributed by atoms with Gasteiger partial charge in [-0.05, 0) is 56.2 Å². The lowest BCUT2D eigenvalue weighted by molar-refractivity contribution is 0.0893. The molecule has 0 saturated carbocycles. The minimum atomic E-state index is -0.914. The number of pyridine rings is 2. The second-order valence-electron chi connectivity index (χ2n) is 10.6. The fourth-order valence-electron chi connectivity index (χ4n) is 5.45. The summed E-state index contributed by atoms with van der Waals surface area (Å²) in [7, 11) is 0. The molecule has 2 aliphatic heterocycles. The molecule has 1 fully saturated rings. The molecule has 9 nitrogen and oxygen atoms in total. The maximum Gasteiger partial charge on any atom is 0.407 e. The number of rotatable bonds is 5. The highest BCUT2D eigenvalue weighted by Crippen LogP contribution is 2.38. The number of carboxylic acid groups (broad SMARTS) is 1. The zero-order valence-corrected chi connectivity index (χ0v) is 21.6. The molecule has 0 spiro atoms. The van der Waals surface area contributed by atoms with E-state index in [4.69, 9.17) is 9.84 Å². The molecule has 3 aromatic heterocycles. The normalized spacial score (nSPS) is 16.9. The van der Waals surface area contributed by atoms with Crippen LogP contribution < -0.4 is 10.1 Å². The SMILES string of the molecule is CC1(C)CCc2nc3c(F)cc(-c4cc(Nc5ccc(OC6CCN(C(=O)O)CC6)cn5)ncc4F)cc3n21. The van der Waals surface area contributed by atoms with Crippen LogP contribution in [0.15, 0.2) is 42.7 Å². The molecule has 0 radical (unpaired) electrons. The summed E-state index contributed by atoms with van der Waals surface area (Å²) >= 11 is 0. The topological polar surface area (TPSA) is 105 Å². The lowest BCUT2D eigenvalue weighted by Crippen LogP contribution is -2.41. The fraction of sp³-hybridized carbons (Fsp3) is 0.357. The van der Waals surface area contributed by atoms with Gasteiger partial charge in [-0.1, -0.05) is 0 Å². The van der Waals surface area contributed by atoms with Crippen molar-refractivity contribution in [2.75, 3.05) is 18.4 Å². The van der Waals surface area contributed by atoms with Gasteiger partial charge >= 0.3 is 6.09 Å². The molecule has 0 aliphatic carbocycles. The van der Waals surface area contributed by atoms with Gasteiger partial charge in [0.25, 0.3) is 0 Å². The number of fused-ring (bicyclic) bond motifs is 3. The Morgan fingerprint density at radius 3 is 2.56 bits per heavy atom. The van der Waals surface area contributed by atoms with Crippen molar-refractivity contribution in [2.45, 2.75) is 51.2 Å². The smallest absolute Gasteiger partial charge is 0.407 e. The zero-order valence-electron chi connectivity index (χ0n) is 21.6. The van der Waals surface area contributed by atoms with Gasteiger partial charge in [-0.2, -0.15) is 0 Å². The zero-order chi connectivity index (χ0) is 27.3. The number of amides is 1. The average Bonchev–Trinajstić information content (AvgIpc) is 3.44. The van der Waals surface area contributed by atoms with E-state index in [1.165, 1.54) is 17.0 Å². The Hall–Kier alpha value is -4.28. The van der Waals surface area contributed by atoms with Gasteiger partial charge in [-0.25, -0.2) is 28.5 Å². The number of piperidine rings is 1. The van der Waals surface area contributed by atoms with Gasteiger partial charge in [0.05, 0.1) is 17.9 Å². The van der Waals surface area contributed by atoms with Crippen LogP contribution in [0.1, 0.15) is 38.9 Å². The van der Waals surface area contributed by atoms with Crippen LogP contribution in [0.2, 0.25) is 0 Å². The molecule has 1 saturated heterocycles. The lowest BCUT2D eigenvalue weighted by atomic mass is 10.0. The van der Waals surface area contributed by atoms with E-state index in [-0.39, 0.29) is 17.2 Å². The highest BCUT2D eigenvalue weighted by atomic mass is 19.1. The summed E-state index contributed by atoms with van der Waals surface area (Å²) in [6.07, 6.45) is 4.59. The molecule has 202 valence electrons. The standard InChI is InChI=1S/C28H28F2N6O3/c1-28(2)8-5-25-34-26-20(29)11-16(12-22(26)36(25)28)19-13-24(32-15-21(19)30)33-23-4-3-18(14-31-23)39-17-6-9-35(10-7-17)27(37)38/h3-4,11-15,17H,5-10H2,1-2H3,(H,37,38)(H,31,32,33). The van der Waals surface area contributed by atoms with E-state index >= 15 is 4.39 Å². The van der Waals surface area contributed by atoms with Crippen molar-refractivity contribution in [1.82, 2.24) is 24.4 Å². The van der Waals surface area contributed by atoms with Crippen LogP contribution in [0.25, 0.3) is 22.2 Å². The molecule has 1 amide bonds. The summed E-state index contributed by atoms with van der Waals surface area (Å²) in [6, 6.07) is 8.11. The van der Waals surface area contributed by atoms with Crippen LogP contribution in [0.4, 0.5) is 25.2 Å². The molecule has 0 atom stereocenters. The molecular weight excluding hydrogens is 506 g/mol. The number of anilines is 2. The lowest BCUT2D eigenvalue weighted by Gasteiger charge is -2.30. The van der Waals surface area contributed by atoms with Crippen LogP contribution in [-0.4, -0.2) is 54.8 Å². The van der Waals surface area contributed by atoms with Gasteiger partial charge in [0.2, 0.25) is 0 Å². The van der Waals surface area contributed by atoms with E-state index in [0.29, 0.717) is 59.9 Å². The minimum absolute atomic E-state index is 0.0807. The molecule has 6 rings (SSSR count). The van der Waals surface area contributed by atoms with E-state index in [0.717, 1.165) is 24.9 Å². The van der Waals surface area contributed by atoms with Crippen LogP contribution >= 0.6 is 0 Å². The van der Waals surface area contributed by atoms with E-state index in [9.17, 15) is 9.18 Å². The van der Waals surface area contributed by atoms with Crippen molar-refractivity contribution >= 4 is 28.8 Å². The number of aromatic nitrogens is 4. The van der Waals surface area contributed by atoms with Gasteiger partial charge in [0.15, 0.2) is 5.82 Å². The second kappa shape index (κ2) is 9.48. The van der Waals surface area contributed by atoms with Crippen molar-refractivity contribution in [1.29, 1.82) is 0 Å². The van der Waals surface area contributed by atoms with Crippen LogP contribution in [-0.2, 0) is 12.0 Å². The highest BCUT2D eigenvalue weighted by molar-refractivity contribution is 5.84. The summed E-state index contributed by atoms with van der Waals surface area (Å²) in [5.41, 5.74) is 1.37. The number of hydrogen-bond donors (Lipinski definition) is 2. The van der Waals surface area contributed by atoms with Crippen LogP contribution in [0.3, 0.4) is 0 Å². The monoisotopic (exact) mass is 534 g/mol. The molecule has 5 heterocycles. The number of nitrogens with zero attached hydrogens (tertiary/aromatic N) is 5. The third-order valence-corrected chi connectivity index (χ3v) is 7.52. The number of aryl methyl sites for hydroxylation is 1. The van der Waals surface area contributed by atoms with Gasteiger partial charge in [-0.3, -0.25) is 0 Å². The minimum Gasteiger partial charge on any atom is -0.489 e. The molecule has 11 heteroatoms. The Kier molecular flexibility index (Phi) is 6.08. The van der Waals surface area contributed by atoms with E-state index in [1.54, 1.807) is 24.4 Å². The predicted molar refractivity (Wildman–Crippen MR) is 141 cm³/mol. The van der Waals surface area contributed by atoms with E-state index < -0.39 is 17.7 Å². The van der Waals surface area contributed by atoms with E-state index in [2.05, 4.69) is 38.7 Å². The average molecular weight is 535 g/mol. The van der Waals surface area contributed by atoms with Gasteiger partial charge in [-0.15, -0.1) is 0 Å². The molecule has 4 aromatic rings. The van der Waals surface area contributed by atoms with Gasteiger partial charge in [0, 0.05) is 43.5 Å². The molecule has 0 unspecified atom stereocenters. The summed E-state index contributed by atoms with van der Waals surface area (Å²) in [5, 5.41) is 12.1. The Balaban J connectivity index is 1.20. The molecule has 0 bridgehead atoms. The fourth-order valence-corrected chi connectivity index (χ4v) is 5.45. The van der Waals surface area contributed by atoms with Crippen molar-refractivity contribution in [3.05, 3.63) is 60.2 Å². The summed E-state index contributed by atoms with van der Waals surface area (Å²) < 4.78 is 38.0. The summed E-state index contributed by atoms with van der Waals surface area (Å²) in [4.78, 5) is 25.4. The maximum atomic E-state index is 15.1. The Labute approximate surface area is 223 Å². The number of ether oxygens (including phenoxy) is 1. The van der Waals surface area contributed by atoms with Crippen molar-refractivity contribution in [2.24, 2.45) is 0 Å². The molecule has 1 aromatic carbocycles. The largest absolute Gasteiger partial charge is 0.489 e. The van der Waals surface area contributed by atoms with Gasteiger partial charge < -0.3 is 24.6 Å². The Morgan fingerprint density at radius 1 is 1.08 bits per heavy atom. The quantitative estimate of drug-likeness (QED) is 0.338. The summed E-state index contributed by atoms with van der Waals surface area (Å²) in [5.74, 6) is 1.19. The van der Waals surface area contributed by atoms with E-state index in [1.807, 2.05) is 0 Å². The third kappa shape index (κ3) is 4.73. The highest BCUT2D eigenvalue weighted by Gasteiger charge is 2.33.